The summed E-state index contributed by atoms with van der Waals surface area (Å²) in [6, 6.07) is 30.1. The minimum Gasteiger partial charge on any atom is -0.497 e. The van der Waals surface area contributed by atoms with Gasteiger partial charge in [-0.2, -0.15) is 10.2 Å². The number of hydrogen-bond acceptors (Lipinski definition) is 5. The largest absolute Gasteiger partial charge is 0.497 e. The van der Waals surface area contributed by atoms with Crippen molar-refractivity contribution in [2.24, 2.45) is 5.10 Å². The topological polar surface area (TPSA) is 97.0 Å². The molecule has 6 rings (SSSR count). The van der Waals surface area contributed by atoms with Crippen molar-refractivity contribution in [3.8, 4) is 22.7 Å². The second-order valence-corrected chi connectivity index (χ2v) is 10.2. The third-order valence-electron chi connectivity index (χ3n) is 7.14. The molecule has 1 aliphatic rings. The molecule has 8 nitrogen and oxygen atoms in total. The summed E-state index contributed by atoms with van der Waals surface area (Å²) in [5, 5.41) is 21.3. The van der Waals surface area contributed by atoms with Crippen LogP contribution < -0.4 is 4.74 Å². The number of halogens is 1. The molecule has 1 aliphatic heterocycles. The molecule has 1 N–H and O–H groups in total. The van der Waals surface area contributed by atoms with Gasteiger partial charge in [0.25, 0.3) is 5.91 Å². The van der Waals surface area contributed by atoms with Crippen LogP contribution in [0.3, 0.4) is 0 Å². The van der Waals surface area contributed by atoms with Crippen LogP contribution in [0.15, 0.2) is 114 Å². The molecule has 5 aromatic rings. The predicted octanol–water partition coefficient (Wildman–Crippen LogP) is 6.89. The lowest BCUT2D eigenvalue weighted by Crippen LogP contribution is -2.27. The molecule has 2 heterocycles. The quantitative estimate of drug-likeness (QED) is 0.227. The molecule has 1 atom stereocenters. The number of hydrogen-bond donors (Lipinski definition) is 1. The minimum absolute atomic E-state index is 0.0229. The molecule has 0 saturated carbocycles. The van der Waals surface area contributed by atoms with E-state index >= 15 is 0 Å². The third kappa shape index (κ3) is 5.27. The first kappa shape index (κ1) is 27.0. The van der Waals surface area contributed by atoms with E-state index in [1.54, 1.807) is 36.1 Å². The number of carbonyl (C=O) groups is 2. The molecule has 9 heteroatoms. The average Bonchev–Trinajstić information content (AvgIpc) is 3.67. The van der Waals surface area contributed by atoms with E-state index in [4.69, 9.17) is 26.5 Å². The number of hydrazone groups is 1. The highest BCUT2D eigenvalue weighted by Gasteiger charge is 2.37. The Labute approximate surface area is 247 Å². The number of methoxy groups -OCH3 is 1. The normalized spacial score (nSPS) is 14.5. The number of aromatic nitrogens is 2. The fraction of sp³-hybridized carbons (Fsp3) is 0.0909. The van der Waals surface area contributed by atoms with Crippen LogP contribution in [0.5, 0.6) is 5.75 Å². The number of benzene rings is 4. The highest BCUT2D eigenvalue weighted by Crippen LogP contribution is 2.39. The maximum absolute atomic E-state index is 14.0. The highest BCUT2D eigenvalue weighted by atomic mass is 35.5. The third-order valence-corrected chi connectivity index (χ3v) is 7.39. The lowest BCUT2D eigenvalue weighted by molar-refractivity contribution is 0.0697. The predicted molar refractivity (Wildman–Crippen MR) is 160 cm³/mol. The Hall–Kier alpha value is -5.21. The number of para-hydroxylation sites is 1. The molecule has 0 aliphatic carbocycles. The van der Waals surface area contributed by atoms with Gasteiger partial charge in [0.2, 0.25) is 0 Å². The summed E-state index contributed by atoms with van der Waals surface area (Å²) in [6.45, 7) is 0. The molecular weight excluding hydrogens is 552 g/mol. The van der Waals surface area contributed by atoms with Crippen molar-refractivity contribution >= 4 is 29.2 Å². The zero-order valence-electron chi connectivity index (χ0n) is 22.5. The fourth-order valence-electron chi connectivity index (χ4n) is 4.99. The molecule has 208 valence electrons. The summed E-state index contributed by atoms with van der Waals surface area (Å²) in [6.07, 6.45) is 2.34. The second-order valence-electron chi connectivity index (χ2n) is 9.75. The Morgan fingerprint density at radius 1 is 0.881 bits per heavy atom. The Morgan fingerprint density at radius 3 is 2.26 bits per heavy atom. The van der Waals surface area contributed by atoms with E-state index in [0.717, 1.165) is 22.4 Å². The van der Waals surface area contributed by atoms with Crippen molar-refractivity contribution in [2.45, 2.75) is 12.5 Å². The smallest absolute Gasteiger partial charge is 0.335 e. The Bertz CT molecular complexity index is 1800. The SMILES string of the molecule is COc1ccc(C2=NN(C(=O)c3cccc(C(=O)O)c3)C(c3cn(-c4ccccc4)nc3-c3ccc(Cl)cc3)C2)cc1. The van der Waals surface area contributed by atoms with Crippen LogP contribution in [-0.4, -0.2) is 44.6 Å². The van der Waals surface area contributed by atoms with Crippen molar-refractivity contribution in [3.63, 3.8) is 0 Å². The number of ether oxygens (including phenoxy) is 1. The lowest BCUT2D eigenvalue weighted by Gasteiger charge is -2.22. The zero-order chi connectivity index (χ0) is 29.2. The van der Waals surface area contributed by atoms with Gasteiger partial charge in [-0.25, -0.2) is 14.5 Å². The fourth-order valence-corrected chi connectivity index (χ4v) is 5.12. The van der Waals surface area contributed by atoms with Gasteiger partial charge in [0, 0.05) is 34.3 Å². The van der Waals surface area contributed by atoms with E-state index in [1.807, 2.05) is 72.9 Å². The molecule has 0 bridgehead atoms. The molecule has 42 heavy (non-hydrogen) atoms. The van der Waals surface area contributed by atoms with Gasteiger partial charge in [-0.3, -0.25) is 4.79 Å². The first-order valence-electron chi connectivity index (χ1n) is 13.2. The van der Waals surface area contributed by atoms with Gasteiger partial charge in [-0.15, -0.1) is 0 Å². The van der Waals surface area contributed by atoms with Gasteiger partial charge in [0.1, 0.15) is 5.75 Å². The summed E-state index contributed by atoms with van der Waals surface area (Å²) in [5.41, 5.74) is 4.97. The van der Waals surface area contributed by atoms with Crippen LogP contribution in [-0.2, 0) is 0 Å². The highest BCUT2D eigenvalue weighted by molar-refractivity contribution is 6.30. The molecular formula is C33H25ClN4O4. The second kappa shape index (κ2) is 11.3. The molecule has 0 spiro atoms. The number of carbonyl (C=O) groups excluding carboxylic acids is 1. The first-order chi connectivity index (χ1) is 20.4. The molecule has 4 aromatic carbocycles. The summed E-state index contributed by atoms with van der Waals surface area (Å²) in [4.78, 5) is 25.7. The van der Waals surface area contributed by atoms with E-state index in [9.17, 15) is 14.7 Å². The van der Waals surface area contributed by atoms with Crippen LogP contribution in [0.1, 0.15) is 44.3 Å². The Morgan fingerprint density at radius 2 is 1.57 bits per heavy atom. The number of carboxylic acid groups (broad SMARTS) is 1. The molecule has 1 unspecified atom stereocenters. The van der Waals surface area contributed by atoms with Crippen LogP contribution in [0.4, 0.5) is 0 Å². The zero-order valence-corrected chi connectivity index (χ0v) is 23.3. The summed E-state index contributed by atoms with van der Waals surface area (Å²) >= 11 is 6.20. The van der Waals surface area contributed by atoms with Gasteiger partial charge in [-0.05, 0) is 72.3 Å². The van der Waals surface area contributed by atoms with Crippen molar-refractivity contribution in [1.29, 1.82) is 0 Å². The summed E-state index contributed by atoms with van der Waals surface area (Å²) in [5.74, 6) is -0.818. The molecule has 0 fully saturated rings. The summed E-state index contributed by atoms with van der Waals surface area (Å²) < 4.78 is 7.11. The van der Waals surface area contributed by atoms with Gasteiger partial charge in [0.15, 0.2) is 0 Å². The molecule has 1 aromatic heterocycles. The number of amides is 1. The number of aromatic carboxylic acids is 1. The van der Waals surface area contributed by atoms with Crippen LogP contribution >= 0.6 is 11.6 Å². The molecule has 0 radical (unpaired) electrons. The van der Waals surface area contributed by atoms with Gasteiger partial charge in [-0.1, -0.05) is 48.0 Å². The van der Waals surface area contributed by atoms with E-state index in [0.29, 0.717) is 28.6 Å². The van der Waals surface area contributed by atoms with Crippen molar-refractivity contribution in [1.82, 2.24) is 14.8 Å². The Balaban J connectivity index is 1.49. The van der Waals surface area contributed by atoms with Gasteiger partial charge < -0.3 is 9.84 Å². The van der Waals surface area contributed by atoms with Crippen molar-refractivity contribution in [2.75, 3.05) is 7.11 Å². The first-order valence-corrected chi connectivity index (χ1v) is 13.6. The monoisotopic (exact) mass is 576 g/mol. The van der Waals surface area contributed by atoms with E-state index in [-0.39, 0.29) is 11.1 Å². The lowest BCUT2D eigenvalue weighted by atomic mass is 9.96. The van der Waals surface area contributed by atoms with Crippen LogP contribution in [0.2, 0.25) is 5.02 Å². The van der Waals surface area contributed by atoms with E-state index in [2.05, 4.69) is 0 Å². The van der Waals surface area contributed by atoms with Gasteiger partial charge >= 0.3 is 5.97 Å². The minimum atomic E-state index is -1.11. The van der Waals surface area contributed by atoms with E-state index < -0.39 is 17.9 Å². The maximum atomic E-state index is 14.0. The number of rotatable bonds is 7. The molecule has 1 amide bonds. The maximum Gasteiger partial charge on any atom is 0.335 e. The van der Waals surface area contributed by atoms with Crippen LogP contribution in [0, 0.1) is 0 Å². The number of nitrogens with zero attached hydrogens (tertiary/aromatic N) is 4. The standard InChI is InChI=1S/C33H25ClN4O4/c1-42-27-16-12-21(13-17-27)29-19-30(38(35-29)32(39)23-6-5-7-24(18-23)33(40)41)28-20-37(26-8-3-2-4-9-26)36-31(28)22-10-14-25(34)15-11-22/h2-18,20,30H,19H2,1H3,(H,40,41). The van der Waals surface area contributed by atoms with Crippen LogP contribution in [0.25, 0.3) is 16.9 Å². The average molecular weight is 577 g/mol. The Kier molecular flexibility index (Phi) is 7.29. The molecule has 0 saturated heterocycles. The van der Waals surface area contributed by atoms with Crippen molar-refractivity contribution in [3.05, 3.63) is 137 Å². The van der Waals surface area contributed by atoms with Gasteiger partial charge in [0.05, 0.1) is 35.8 Å². The number of carboxylic acids is 1. The van der Waals surface area contributed by atoms with E-state index in [1.165, 1.54) is 17.1 Å². The summed E-state index contributed by atoms with van der Waals surface area (Å²) in [7, 11) is 1.60. The van der Waals surface area contributed by atoms with Crippen molar-refractivity contribution < 1.29 is 19.4 Å².